The molecule has 3 aliphatic heterocycles. The molecule has 0 unspecified atom stereocenters. The molecule has 3 saturated heterocycles. The molecule has 0 bridgehead atoms. The largest absolute Gasteiger partial charge is 0.385 e. The van der Waals surface area contributed by atoms with Crippen LogP contribution in [0, 0.1) is 23.7 Å². The van der Waals surface area contributed by atoms with E-state index in [1.807, 2.05) is 0 Å². The van der Waals surface area contributed by atoms with Gasteiger partial charge in [0.15, 0.2) is 0 Å². The van der Waals surface area contributed by atoms with E-state index in [0.29, 0.717) is 0 Å². The van der Waals surface area contributed by atoms with Gasteiger partial charge in [0, 0.05) is 59.0 Å². The van der Waals surface area contributed by atoms with Crippen molar-refractivity contribution in [1.29, 1.82) is 0 Å². The first-order valence-corrected chi connectivity index (χ1v) is 13.6. The lowest BCUT2D eigenvalue weighted by Gasteiger charge is -2.37. The maximum atomic E-state index is 4.78. The zero-order valence-electron chi connectivity index (χ0n) is 22.0. The molecule has 0 radical (unpaired) electrons. The SMILES string of the molecule is CC1CN(C2CC2)C1.CC1CN(CC2CC2)C1.CCCCOC.CCN1CC[C@@H](C)C1. The summed E-state index contributed by atoms with van der Waals surface area (Å²) >= 11 is 0. The van der Waals surface area contributed by atoms with Gasteiger partial charge in [0.2, 0.25) is 0 Å². The van der Waals surface area contributed by atoms with E-state index in [1.54, 1.807) is 7.11 Å². The number of likely N-dealkylation sites (tertiary alicyclic amines) is 3. The summed E-state index contributed by atoms with van der Waals surface area (Å²) in [6.45, 7) is 23.1. The Kier molecular flexibility index (Phi) is 13.0. The third kappa shape index (κ3) is 12.0. The molecule has 3 heterocycles. The van der Waals surface area contributed by atoms with E-state index in [9.17, 15) is 0 Å². The number of ether oxygens (including phenoxy) is 1. The van der Waals surface area contributed by atoms with E-state index in [2.05, 4.69) is 49.3 Å². The average Bonchev–Trinajstić information content (AvgIpc) is 3.64. The van der Waals surface area contributed by atoms with Crippen LogP contribution in [0.3, 0.4) is 0 Å². The van der Waals surface area contributed by atoms with Crippen LogP contribution in [0.1, 0.15) is 79.6 Å². The molecule has 31 heavy (non-hydrogen) atoms. The molecule has 0 aromatic rings. The van der Waals surface area contributed by atoms with Crippen LogP contribution >= 0.6 is 0 Å². The fraction of sp³-hybridized carbons (Fsp3) is 1.00. The maximum Gasteiger partial charge on any atom is 0.0462 e. The Hall–Kier alpha value is -0.160. The Morgan fingerprint density at radius 1 is 0.742 bits per heavy atom. The molecule has 0 N–H and O–H groups in total. The summed E-state index contributed by atoms with van der Waals surface area (Å²) < 4.78 is 4.78. The molecule has 1 atom stereocenters. The molecule has 0 aromatic carbocycles. The van der Waals surface area contributed by atoms with E-state index < -0.39 is 0 Å². The van der Waals surface area contributed by atoms with Crippen LogP contribution in [-0.2, 0) is 4.74 Å². The molecule has 0 spiro atoms. The van der Waals surface area contributed by atoms with E-state index in [-0.39, 0.29) is 0 Å². The van der Waals surface area contributed by atoms with E-state index >= 15 is 0 Å². The third-order valence-electron chi connectivity index (χ3n) is 7.17. The van der Waals surface area contributed by atoms with Gasteiger partial charge in [-0.15, -0.1) is 0 Å². The third-order valence-corrected chi connectivity index (χ3v) is 7.17. The van der Waals surface area contributed by atoms with Crippen LogP contribution in [0.25, 0.3) is 0 Å². The van der Waals surface area contributed by atoms with Crippen LogP contribution in [0.2, 0.25) is 0 Å². The van der Waals surface area contributed by atoms with Crippen LogP contribution in [0.4, 0.5) is 0 Å². The van der Waals surface area contributed by atoms with Gasteiger partial charge in [-0.05, 0) is 75.3 Å². The number of nitrogens with zero attached hydrogens (tertiary/aromatic N) is 3. The van der Waals surface area contributed by atoms with Gasteiger partial charge < -0.3 is 14.5 Å². The van der Waals surface area contributed by atoms with Crippen molar-refractivity contribution >= 4 is 0 Å². The Balaban J connectivity index is 0.000000149. The van der Waals surface area contributed by atoms with Crippen molar-refractivity contribution in [2.45, 2.75) is 85.6 Å². The van der Waals surface area contributed by atoms with Gasteiger partial charge in [0.05, 0.1) is 0 Å². The van der Waals surface area contributed by atoms with Gasteiger partial charge >= 0.3 is 0 Å². The van der Waals surface area contributed by atoms with Crippen molar-refractivity contribution in [2.24, 2.45) is 23.7 Å². The zero-order chi connectivity index (χ0) is 22.6. The molecule has 4 nitrogen and oxygen atoms in total. The summed E-state index contributed by atoms with van der Waals surface area (Å²) in [4.78, 5) is 7.69. The molecule has 4 heteroatoms. The van der Waals surface area contributed by atoms with Gasteiger partial charge in [-0.2, -0.15) is 0 Å². The lowest BCUT2D eigenvalue weighted by atomic mass is 10.0. The Morgan fingerprint density at radius 3 is 1.68 bits per heavy atom. The molecular formula is C27H55N3O. The summed E-state index contributed by atoms with van der Waals surface area (Å²) in [5.41, 5.74) is 0. The molecule has 0 amide bonds. The summed E-state index contributed by atoms with van der Waals surface area (Å²) in [5.74, 6) is 4.03. The van der Waals surface area contributed by atoms with Crippen molar-refractivity contribution in [3.63, 3.8) is 0 Å². The minimum absolute atomic E-state index is 0.913. The average molecular weight is 438 g/mol. The van der Waals surface area contributed by atoms with Gasteiger partial charge in [0.25, 0.3) is 0 Å². The van der Waals surface area contributed by atoms with E-state index in [4.69, 9.17) is 4.74 Å². The van der Waals surface area contributed by atoms with E-state index in [0.717, 1.165) is 36.3 Å². The van der Waals surface area contributed by atoms with Gasteiger partial charge in [-0.25, -0.2) is 0 Å². The van der Waals surface area contributed by atoms with Crippen LogP contribution in [0.15, 0.2) is 0 Å². The predicted octanol–water partition coefficient (Wildman–Crippen LogP) is 5.23. The van der Waals surface area contributed by atoms with Gasteiger partial charge in [-0.1, -0.05) is 41.0 Å². The molecule has 2 saturated carbocycles. The first kappa shape index (κ1) is 27.1. The lowest BCUT2D eigenvalue weighted by Crippen LogP contribution is -2.46. The first-order chi connectivity index (χ1) is 14.9. The minimum atomic E-state index is 0.913. The molecular weight excluding hydrogens is 382 g/mol. The monoisotopic (exact) mass is 437 g/mol. The number of hydrogen-bond acceptors (Lipinski definition) is 4. The molecule has 184 valence electrons. The maximum absolute atomic E-state index is 4.78. The number of unbranched alkanes of at least 4 members (excludes halogenated alkanes) is 1. The fourth-order valence-corrected chi connectivity index (χ4v) is 4.73. The normalized spacial score (nSPS) is 27.1. The highest BCUT2D eigenvalue weighted by Gasteiger charge is 2.35. The molecule has 5 rings (SSSR count). The van der Waals surface area contributed by atoms with E-state index in [1.165, 1.54) is 97.3 Å². The summed E-state index contributed by atoms with van der Waals surface area (Å²) in [7, 11) is 1.73. The summed E-state index contributed by atoms with van der Waals surface area (Å²) in [6, 6.07) is 1.02. The van der Waals surface area contributed by atoms with Crippen LogP contribution < -0.4 is 0 Å². The second-order valence-corrected chi connectivity index (χ2v) is 11.2. The zero-order valence-corrected chi connectivity index (χ0v) is 22.0. The highest BCUT2D eigenvalue weighted by atomic mass is 16.5. The molecule has 0 aromatic heterocycles. The Bertz CT molecular complexity index is 436. The fourth-order valence-electron chi connectivity index (χ4n) is 4.73. The van der Waals surface area contributed by atoms with Crippen molar-refractivity contribution in [2.75, 3.05) is 66.1 Å². The highest BCUT2D eigenvalue weighted by Crippen LogP contribution is 2.32. The topological polar surface area (TPSA) is 19.0 Å². The van der Waals surface area contributed by atoms with Gasteiger partial charge in [-0.3, -0.25) is 4.90 Å². The second kappa shape index (κ2) is 14.9. The van der Waals surface area contributed by atoms with Gasteiger partial charge in [0.1, 0.15) is 0 Å². The lowest BCUT2D eigenvalue weighted by molar-refractivity contribution is 0.104. The molecule has 5 aliphatic rings. The van der Waals surface area contributed by atoms with Crippen LogP contribution in [-0.4, -0.2) is 86.8 Å². The van der Waals surface area contributed by atoms with Crippen LogP contribution in [0.5, 0.6) is 0 Å². The standard InChI is InChI=1S/C8H15N.C7H13N.C7H15N.C5H12O/c1-7-4-9(5-7)6-8-2-3-8;1-6-4-8(5-6)7-2-3-7;1-3-8-5-4-7(2)6-8;1-3-4-5-6-2/h7-8H,2-6H2,1H3;6-7H,2-5H2,1H3;7H,3-6H2,1-2H3;3-5H2,1-2H3/t;;7-;/m..1./s1. The molecule has 5 fully saturated rings. The molecule has 2 aliphatic carbocycles. The summed E-state index contributed by atoms with van der Waals surface area (Å²) in [5, 5.41) is 0. The number of rotatable bonds is 7. The van der Waals surface area contributed by atoms with Crippen molar-refractivity contribution < 1.29 is 4.74 Å². The van der Waals surface area contributed by atoms with Crippen molar-refractivity contribution in [3.05, 3.63) is 0 Å². The second-order valence-electron chi connectivity index (χ2n) is 11.2. The first-order valence-electron chi connectivity index (χ1n) is 13.6. The predicted molar refractivity (Wildman–Crippen MR) is 135 cm³/mol. The number of methoxy groups -OCH3 is 1. The highest BCUT2D eigenvalue weighted by molar-refractivity contribution is 4.91. The van der Waals surface area contributed by atoms with Crippen molar-refractivity contribution in [3.8, 4) is 0 Å². The minimum Gasteiger partial charge on any atom is -0.385 e. The number of hydrogen-bond donors (Lipinski definition) is 0. The Morgan fingerprint density at radius 2 is 1.35 bits per heavy atom. The Labute approximate surface area is 195 Å². The summed E-state index contributed by atoms with van der Waals surface area (Å²) in [6.07, 6.45) is 9.80. The quantitative estimate of drug-likeness (QED) is 0.508. The smallest absolute Gasteiger partial charge is 0.0462 e. The van der Waals surface area contributed by atoms with Crippen molar-refractivity contribution in [1.82, 2.24) is 14.7 Å².